The summed E-state index contributed by atoms with van der Waals surface area (Å²) in [5.41, 5.74) is 0.186. The van der Waals surface area contributed by atoms with Crippen LogP contribution in [-0.4, -0.2) is 69.5 Å². The SMILES string of the molecule is O=C(CC1(COc2ccccc2)CCCN(S(=O)(=O)Cc2ccccc2)C1)N1CCOCC1. The molecule has 7 nitrogen and oxygen atoms in total. The van der Waals surface area contributed by atoms with Gasteiger partial charge in [-0.2, -0.15) is 0 Å². The quantitative estimate of drug-likeness (QED) is 0.591. The zero-order valence-electron chi connectivity index (χ0n) is 18.9. The number of para-hydroxylation sites is 1. The Bertz CT molecular complexity index is 1010. The molecule has 1 unspecified atom stereocenters. The van der Waals surface area contributed by atoms with Crippen LogP contribution in [0.5, 0.6) is 5.75 Å². The van der Waals surface area contributed by atoms with Crippen LogP contribution in [0.2, 0.25) is 0 Å². The van der Waals surface area contributed by atoms with Crippen molar-refractivity contribution in [3.8, 4) is 5.75 Å². The average Bonchev–Trinajstić information content (AvgIpc) is 2.84. The van der Waals surface area contributed by atoms with Crippen LogP contribution in [0.4, 0.5) is 0 Å². The highest BCUT2D eigenvalue weighted by Gasteiger charge is 2.42. The first-order valence-corrected chi connectivity index (χ1v) is 13.1. The predicted octanol–water partition coefficient (Wildman–Crippen LogP) is 2.93. The highest BCUT2D eigenvalue weighted by atomic mass is 32.2. The number of carbonyl (C=O) groups is 1. The molecule has 2 fully saturated rings. The van der Waals surface area contributed by atoms with Gasteiger partial charge < -0.3 is 14.4 Å². The molecular formula is C25H32N2O5S. The van der Waals surface area contributed by atoms with Gasteiger partial charge in [0.05, 0.1) is 25.6 Å². The van der Waals surface area contributed by atoms with E-state index in [0.29, 0.717) is 45.9 Å². The molecule has 0 spiro atoms. The summed E-state index contributed by atoms with van der Waals surface area (Å²) in [5, 5.41) is 0. The molecule has 2 aliphatic rings. The smallest absolute Gasteiger partial charge is 0.223 e. The van der Waals surface area contributed by atoms with Crippen LogP contribution in [0.15, 0.2) is 60.7 Å². The summed E-state index contributed by atoms with van der Waals surface area (Å²) in [7, 11) is -3.52. The molecular weight excluding hydrogens is 440 g/mol. The number of amides is 1. The maximum atomic E-state index is 13.3. The summed E-state index contributed by atoms with van der Waals surface area (Å²) in [6.45, 7) is 3.27. The molecule has 2 aliphatic heterocycles. The van der Waals surface area contributed by atoms with Crippen molar-refractivity contribution in [3.05, 3.63) is 66.2 Å². The third kappa shape index (κ3) is 6.34. The van der Waals surface area contributed by atoms with Crippen LogP contribution in [0, 0.1) is 5.41 Å². The van der Waals surface area contributed by atoms with Crippen molar-refractivity contribution in [2.45, 2.75) is 25.0 Å². The second-order valence-corrected chi connectivity index (χ2v) is 10.9. The highest BCUT2D eigenvalue weighted by molar-refractivity contribution is 7.88. The molecule has 2 aromatic carbocycles. The fourth-order valence-corrected chi connectivity index (χ4v) is 6.26. The Hall–Kier alpha value is -2.42. The van der Waals surface area contributed by atoms with Gasteiger partial charge in [0.25, 0.3) is 0 Å². The number of rotatable bonds is 8. The Morgan fingerprint density at radius 3 is 2.33 bits per heavy atom. The molecule has 0 aliphatic carbocycles. The van der Waals surface area contributed by atoms with Crippen molar-refractivity contribution in [2.75, 3.05) is 46.0 Å². The number of ether oxygens (including phenoxy) is 2. The average molecular weight is 473 g/mol. The molecule has 0 bridgehead atoms. The zero-order chi connectivity index (χ0) is 23.2. The van der Waals surface area contributed by atoms with E-state index >= 15 is 0 Å². The Balaban J connectivity index is 1.52. The Morgan fingerprint density at radius 1 is 0.970 bits per heavy atom. The fourth-order valence-electron chi connectivity index (χ4n) is 4.59. The van der Waals surface area contributed by atoms with Crippen LogP contribution in [0.1, 0.15) is 24.8 Å². The first-order valence-electron chi connectivity index (χ1n) is 11.5. The molecule has 4 rings (SSSR count). The molecule has 1 atom stereocenters. The maximum Gasteiger partial charge on any atom is 0.223 e. The number of piperidine rings is 1. The van der Waals surface area contributed by atoms with E-state index in [1.165, 1.54) is 0 Å². The Morgan fingerprint density at radius 2 is 1.64 bits per heavy atom. The summed E-state index contributed by atoms with van der Waals surface area (Å²) in [4.78, 5) is 15.0. The molecule has 33 heavy (non-hydrogen) atoms. The number of carbonyl (C=O) groups excluding carboxylic acids is 1. The number of morpholine rings is 1. The van der Waals surface area contributed by atoms with Gasteiger partial charge in [0, 0.05) is 38.0 Å². The third-order valence-corrected chi connectivity index (χ3v) is 8.19. The van der Waals surface area contributed by atoms with Gasteiger partial charge in [-0.25, -0.2) is 12.7 Å². The lowest BCUT2D eigenvalue weighted by atomic mass is 9.78. The third-order valence-electron chi connectivity index (χ3n) is 6.39. The van der Waals surface area contributed by atoms with E-state index in [0.717, 1.165) is 17.7 Å². The topological polar surface area (TPSA) is 76.2 Å². The van der Waals surface area contributed by atoms with Gasteiger partial charge in [0.2, 0.25) is 15.9 Å². The van der Waals surface area contributed by atoms with E-state index in [1.807, 2.05) is 65.6 Å². The molecule has 2 saturated heterocycles. The molecule has 0 N–H and O–H groups in total. The van der Waals surface area contributed by atoms with E-state index < -0.39 is 15.4 Å². The zero-order valence-corrected chi connectivity index (χ0v) is 19.7. The summed E-state index contributed by atoms with van der Waals surface area (Å²) in [6.07, 6.45) is 1.70. The molecule has 2 heterocycles. The predicted molar refractivity (Wildman–Crippen MR) is 126 cm³/mol. The highest BCUT2D eigenvalue weighted by Crippen LogP contribution is 2.37. The molecule has 0 radical (unpaired) electrons. The number of benzene rings is 2. The number of nitrogens with zero attached hydrogens (tertiary/aromatic N) is 2. The minimum absolute atomic E-state index is 0.0391. The van der Waals surface area contributed by atoms with Crippen LogP contribution in [0.25, 0.3) is 0 Å². The van der Waals surface area contributed by atoms with Crippen molar-refractivity contribution in [3.63, 3.8) is 0 Å². The van der Waals surface area contributed by atoms with Crippen LogP contribution in [0.3, 0.4) is 0 Å². The van der Waals surface area contributed by atoms with Crippen LogP contribution in [-0.2, 0) is 25.3 Å². The van der Waals surface area contributed by atoms with Gasteiger partial charge in [0.15, 0.2) is 0 Å². The van der Waals surface area contributed by atoms with E-state index in [9.17, 15) is 13.2 Å². The number of hydrogen-bond donors (Lipinski definition) is 0. The van der Waals surface area contributed by atoms with Crippen molar-refractivity contribution in [2.24, 2.45) is 5.41 Å². The number of hydrogen-bond acceptors (Lipinski definition) is 5. The molecule has 1 amide bonds. The van der Waals surface area contributed by atoms with Gasteiger partial charge in [0.1, 0.15) is 5.75 Å². The molecule has 2 aromatic rings. The van der Waals surface area contributed by atoms with E-state index in [2.05, 4.69) is 0 Å². The molecule has 0 aromatic heterocycles. The van der Waals surface area contributed by atoms with Crippen molar-refractivity contribution < 1.29 is 22.7 Å². The van der Waals surface area contributed by atoms with Crippen molar-refractivity contribution in [1.82, 2.24) is 9.21 Å². The minimum atomic E-state index is -3.52. The summed E-state index contributed by atoms with van der Waals surface area (Å²) in [5.74, 6) is 0.721. The first-order chi connectivity index (χ1) is 16.0. The Kier molecular flexibility index (Phi) is 7.67. The summed E-state index contributed by atoms with van der Waals surface area (Å²) in [6, 6.07) is 18.7. The lowest BCUT2D eigenvalue weighted by Gasteiger charge is -2.42. The maximum absolute atomic E-state index is 13.3. The second kappa shape index (κ2) is 10.7. The minimum Gasteiger partial charge on any atom is -0.493 e. The Labute approximate surface area is 196 Å². The van der Waals surface area contributed by atoms with E-state index in [4.69, 9.17) is 9.47 Å². The molecule has 0 saturated carbocycles. The van der Waals surface area contributed by atoms with Gasteiger partial charge in [-0.1, -0.05) is 48.5 Å². The second-order valence-electron chi connectivity index (χ2n) is 8.95. The molecule has 178 valence electrons. The van der Waals surface area contributed by atoms with E-state index in [1.54, 1.807) is 4.31 Å². The summed E-state index contributed by atoms with van der Waals surface area (Å²) < 4.78 is 39.6. The normalized spacial score (nSPS) is 22.1. The lowest BCUT2D eigenvalue weighted by Crippen LogP contribution is -2.52. The fraction of sp³-hybridized carbons (Fsp3) is 0.480. The monoisotopic (exact) mass is 472 g/mol. The van der Waals surface area contributed by atoms with Crippen LogP contribution < -0.4 is 4.74 Å². The van der Waals surface area contributed by atoms with Crippen LogP contribution >= 0.6 is 0 Å². The van der Waals surface area contributed by atoms with Crippen molar-refractivity contribution >= 4 is 15.9 Å². The molecule has 8 heteroatoms. The number of sulfonamides is 1. The largest absolute Gasteiger partial charge is 0.493 e. The van der Waals surface area contributed by atoms with Gasteiger partial charge >= 0.3 is 0 Å². The lowest BCUT2D eigenvalue weighted by molar-refractivity contribution is -0.139. The van der Waals surface area contributed by atoms with Gasteiger partial charge in [-0.05, 0) is 30.5 Å². The van der Waals surface area contributed by atoms with E-state index in [-0.39, 0.29) is 24.6 Å². The first kappa shape index (κ1) is 23.7. The van der Waals surface area contributed by atoms with Gasteiger partial charge in [-0.15, -0.1) is 0 Å². The standard InChI is InChI=1S/C25H32N2O5S/c28-24(26-14-16-31-17-15-26)18-25(21-32-23-10-5-2-6-11-23)12-7-13-27(20-25)33(29,30)19-22-8-3-1-4-9-22/h1-6,8-11H,7,12-21H2. The van der Waals surface area contributed by atoms with Gasteiger partial charge in [-0.3, -0.25) is 4.79 Å². The van der Waals surface area contributed by atoms with Crippen molar-refractivity contribution in [1.29, 1.82) is 0 Å². The summed E-state index contributed by atoms with van der Waals surface area (Å²) >= 11 is 0.